The molecule has 2 heterocycles. The SMILES string of the molecule is CN(C)c1ccc(C(F)(F)F)cc1NC(=O)CCc1nc(-c2cccs2)no1. The van der Waals surface area contributed by atoms with Gasteiger partial charge in [-0.1, -0.05) is 11.2 Å². The molecule has 1 N–H and O–H groups in total. The molecule has 2 aromatic heterocycles. The number of alkyl halides is 3. The normalized spacial score (nSPS) is 11.5. The van der Waals surface area contributed by atoms with Crippen LogP contribution in [0.25, 0.3) is 10.7 Å². The molecular formula is C18H17F3N4O2S. The van der Waals surface area contributed by atoms with E-state index in [2.05, 4.69) is 15.5 Å². The summed E-state index contributed by atoms with van der Waals surface area (Å²) in [6, 6.07) is 6.94. The number of hydrogen-bond donors (Lipinski definition) is 1. The molecule has 10 heteroatoms. The Balaban J connectivity index is 1.67. The molecule has 0 saturated heterocycles. The predicted molar refractivity (Wildman–Crippen MR) is 100 cm³/mol. The first-order valence-corrected chi connectivity index (χ1v) is 9.17. The van der Waals surface area contributed by atoms with Crippen molar-refractivity contribution in [1.82, 2.24) is 10.1 Å². The average molecular weight is 410 g/mol. The standard InChI is InChI=1S/C18H17F3N4O2S/c1-25(2)13-6-5-11(18(19,20)21)10-12(13)22-15(26)7-8-16-23-17(24-27-16)14-4-3-9-28-14/h3-6,9-10H,7-8H2,1-2H3,(H,22,26). The Morgan fingerprint density at radius 2 is 2.07 bits per heavy atom. The average Bonchev–Trinajstić information content (AvgIpc) is 3.30. The number of thiophene rings is 1. The van der Waals surface area contributed by atoms with Crippen LogP contribution in [-0.2, 0) is 17.4 Å². The Labute approximate surface area is 163 Å². The fourth-order valence-electron chi connectivity index (χ4n) is 2.50. The highest BCUT2D eigenvalue weighted by atomic mass is 32.1. The maximum Gasteiger partial charge on any atom is 0.416 e. The van der Waals surface area contributed by atoms with Crippen LogP contribution >= 0.6 is 11.3 Å². The molecule has 0 aliphatic heterocycles. The van der Waals surface area contributed by atoms with Gasteiger partial charge in [-0.05, 0) is 29.6 Å². The van der Waals surface area contributed by atoms with Gasteiger partial charge >= 0.3 is 6.18 Å². The van der Waals surface area contributed by atoms with Crippen molar-refractivity contribution < 1.29 is 22.5 Å². The number of hydrogen-bond acceptors (Lipinski definition) is 6. The van der Waals surface area contributed by atoms with Crippen molar-refractivity contribution >= 4 is 28.6 Å². The van der Waals surface area contributed by atoms with Crippen molar-refractivity contribution in [1.29, 1.82) is 0 Å². The molecule has 3 rings (SSSR count). The monoisotopic (exact) mass is 410 g/mol. The van der Waals surface area contributed by atoms with Crippen LogP contribution < -0.4 is 10.2 Å². The van der Waals surface area contributed by atoms with Crippen molar-refractivity contribution in [3.8, 4) is 10.7 Å². The van der Waals surface area contributed by atoms with E-state index in [1.807, 2.05) is 17.5 Å². The summed E-state index contributed by atoms with van der Waals surface area (Å²) in [5, 5.41) is 8.28. The Kier molecular flexibility index (Phi) is 5.68. The molecule has 0 fully saturated rings. The topological polar surface area (TPSA) is 71.3 Å². The van der Waals surface area contributed by atoms with Gasteiger partial charge < -0.3 is 14.7 Å². The third-order valence-electron chi connectivity index (χ3n) is 3.86. The van der Waals surface area contributed by atoms with E-state index in [4.69, 9.17) is 4.52 Å². The zero-order chi connectivity index (χ0) is 20.3. The van der Waals surface area contributed by atoms with Gasteiger partial charge in [-0.15, -0.1) is 11.3 Å². The summed E-state index contributed by atoms with van der Waals surface area (Å²) in [7, 11) is 3.37. The van der Waals surface area contributed by atoms with E-state index >= 15 is 0 Å². The van der Waals surface area contributed by atoms with E-state index in [-0.39, 0.29) is 24.4 Å². The smallest absolute Gasteiger partial charge is 0.376 e. The molecule has 1 aromatic carbocycles. The Morgan fingerprint density at radius 1 is 1.29 bits per heavy atom. The number of aromatic nitrogens is 2. The number of nitrogens with one attached hydrogen (secondary N) is 1. The van der Waals surface area contributed by atoms with Crippen LogP contribution in [-0.4, -0.2) is 30.1 Å². The number of halogens is 3. The molecule has 148 valence electrons. The first kappa shape index (κ1) is 19.9. The van der Waals surface area contributed by atoms with Gasteiger partial charge in [0.15, 0.2) is 0 Å². The summed E-state index contributed by atoms with van der Waals surface area (Å²) in [4.78, 5) is 19.0. The van der Waals surface area contributed by atoms with Crippen molar-refractivity contribution in [2.75, 3.05) is 24.3 Å². The van der Waals surface area contributed by atoms with Crippen molar-refractivity contribution in [2.45, 2.75) is 19.0 Å². The summed E-state index contributed by atoms with van der Waals surface area (Å²) in [6.07, 6.45) is -4.32. The molecule has 0 saturated carbocycles. The van der Waals surface area contributed by atoms with Crippen LogP contribution in [0.3, 0.4) is 0 Å². The zero-order valence-electron chi connectivity index (χ0n) is 15.1. The highest BCUT2D eigenvalue weighted by Crippen LogP contribution is 2.35. The molecule has 6 nitrogen and oxygen atoms in total. The first-order chi connectivity index (χ1) is 13.2. The van der Waals surface area contributed by atoms with Crippen LogP contribution in [0.15, 0.2) is 40.2 Å². The van der Waals surface area contributed by atoms with E-state index in [1.54, 1.807) is 19.0 Å². The predicted octanol–water partition coefficient (Wildman–Crippen LogP) is 4.45. The highest BCUT2D eigenvalue weighted by molar-refractivity contribution is 7.13. The van der Waals surface area contributed by atoms with E-state index in [1.165, 1.54) is 17.4 Å². The second-order valence-electron chi connectivity index (χ2n) is 6.16. The third-order valence-corrected chi connectivity index (χ3v) is 4.72. The van der Waals surface area contributed by atoms with Crippen LogP contribution in [0.4, 0.5) is 24.5 Å². The molecular weight excluding hydrogens is 393 g/mol. The second-order valence-corrected chi connectivity index (χ2v) is 7.11. The lowest BCUT2D eigenvalue weighted by Gasteiger charge is -2.19. The molecule has 0 atom stereocenters. The minimum atomic E-state index is -4.49. The third kappa shape index (κ3) is 4.69. The van der Waals surface area contributed by atoms with Crippen LogP contribution in [0.1, 0.15) is 17.9 Å². The quantitative estimate of drug-likeness (QED) is 0.650. The van der Waals surface area contributed by atoms with E-state index < -0.39 is 17.6 Å². The number of aryl methyl sites for hydroxylation is 1. The molecule has 0 radical (unpaired) electrons. The van der Waals surface area contributed by atoms with Gasteiger partial charge in [0.1, 0.15) is 0 Å². The van der Waals surface area contributed by atoms with E-state index in [0.717, 1.165) is 17.0 Å². The molecule has 0 aliphatic rings. The number of carbonyl (C=O) groups is 1. The van der Waals surface area contributed by atoms with Gasteiger partial charge in [-0.3, -0.25) is 4.79 Å². The number of benzene rings is 1. The van der Waals surface area contributed by atoms with E-state index in [0.29, 0.717) is 11.5 Å². The van der Waals surface area contributed by atoms with Crippen LogP contribution in [0, 0.1) is 0 Å². The summed E-state index contributed by atoms with van der Waals surface area (Å²) in [5.41, 5.74) is -0.264. The van der Waals surface area contributed by atoms with Crippen LogP contribution in [0.2, 0.25) is 0 Å². The number of rotatable bonds is 6. The van der Waals surface area contributed by atoms with Gasteiger partial charge in [0.2, 0.25) is 17.6 Å². The molecule has 28 heavy (non-hydrogen) atoms. The summed E-state index contributed by atoms with van der Waals surface area (Å²) in [6.45, 7) is 0. The molecule has 0 aliphatic carbocycles. The van der Waals surface area contributed by atoms with E-state index in [9.17, 15) is 18.0 Å². The van der Waals surface area contributed by atoms with Gasteiger partial charge in [0.25, 0.3) is 0 Å². The molecule has 0 bridgehead atoms. The van der Waals surface area contributed by atoms with Crippen molar-refractivity contribution in [3.63, 3.8) is 0 Å². The first-order valence-electron chi connectivity index (χ1n) is 8.29. The maximum absolute atomic E-state index is 13.0. The minimum Gasteiger partial charge on any atom is -0.376 e. The molecule has 0 unspecified atom stereocenters. The van der Waals surface area contributed by atoms with Crippen molar-refractivity contribution in [3.05, 3.63) is 47.2 Å². The maximum atomic E-state index is 13.0. The zero-order valence-corrected chi connectivity index (χ0v) is 15.9. The lowest BCUT2D eigenvalue weighted by molar-refractivity contribution is -0.137. The summed E-state index contributed by atoms with van der Waals surface area (Å²) >= 11 is 1.46. The lowest BCUT2D eigenvalue weighted by Crippen LogP contribution is -2.18. The molecule has 3 aromatic rings. The largest absolute Gasteiger partial charge is 0.416 e. The fourth-order valence-corrected chi connectivity index (χ4v) is 3.15. The minimum absolute atomic E-state index is 0.00477. The Morgan fingerprint density at radius 3 is 2.71 bits per heavy atom. The molecule has 0 spiro atoms. The lowest BCUT2D eigenvalue weighted by atomic mass is 10.1. The van der Waals surface area contributed by atoms with Gasteiger partial charge in [0.05, 0.1) is 21.8 Å². The number of nitrogens with zero attached hydrogens (tertiary/aromatic N) is 3. The fraction of sp³-hybridized carbons (Fsp3) is 0.278. The number of anilines is 2. The van der Waals surface area contributed by atoms with Gasteiger partial charge in [-0.2, -0.15) is 18.2 Å². The van der Waals surface area contributed by atoms with Gasteiger partial charge in [-0.25, -0.2) is 0 Å². The summed E-state index contributed by atoms with van der Waals surface area (Å²) in [5.74, 6) is 0.284. The second kappa shape index (κ2) is 8.01. The summed E-state index contributed by atoms with van der Waals surface area (Å²) < 4.78 is 44.0. The van der Waals surface area contributed by atoms with Crippen LogP contribution in [0.5, 0.6) is 0 Å². The Bertz CT molecular complexity index is 952. The molecule has 1 amide bonds. The number of carbonyl (C=O) groups excluding carboxylic acids is 1. The Hall–Kier alpha value is -2.88. The van der Waals surface area contributed by atoms with Crippen molar-refractivity contribution in [2.24, 2.45) is 0 Å². The number of amides is 1. The van der Waals surface area contributed by atoms with Gasteiger partial charge in [0, 0.05) is 26.9 Å². The highest BCUT2D eigenvalue weighted by Gasteiger charge is 2.31.